The molecule has 0 aliphatic carbocycles. The van der Waals surface area contributed by atoms with E-state index in [0.29, 0.717) is 27.6 Å². The molecule has 3 rings (SSSR count). The number of halogens is 1. The van der Waals surface area contributed by atoms with E-state index in [1.807, 2.05) is 12.1 Å². The third-order valence-corrected chi connectivity index (χ3v) is 3.76. The highest BCUT2D eigenvalue weighted by molar-refractivity contribution is 6.32. The Hall–Kier alpha value is -2.79. The number of aliphatic imine (C=N–C) groups is 1. The molecule has 0 aromatic heterocycles. The van der Waals surface area contributed by atoms with Gasteiger partial charge in [-0.15, -0.1) is 0 Å². The Kier molecular flexibility index (Phi) is 4.53. The summed E-state index contributed by atoms with van der Waals surface area (Å²) in [6.07, 6.45) is 1.59. The van der Waals surface area contributed by atoms with Gasteiger partial charge in [0.05, 0.1) is 14.2 Å². The van der Waals surface area contributed by atoms with E-state index < -0.39 is 5.97 Å². The Morgan fingerprint density at radius 2 is 1.75 bits per heavy atom. The van der Waals surface area contributed by atoms with Crippen LogP contribution in [0.15, 0.2) is 53.2 Å². The second kappa shape index (κ2) is 6.76. The van der Waals surface area contributed by atoms with Crippen molar-refractivity contribution in [1.29, 1.82) is 0 Å². The number of rotatable bonds is 4. The topological polar surface area (TPSA) is 57.1 Å². The van der Waals surface area contributed by atoms with Crippen LogP contribution in [0.4, 0.5) is 0 Å². The van der Waals surface area contributed by atoms with Gasteiger partial charge in [0.2, 0.25) is 5.90 Å². The summed E-state index contributed by atoms with van der Waals surface area (Å²) >= 11 is 6.10. The number of esters is 1. The van der Waals surface area contributed by atoms with Gasteiger partial charge in [-0.3, -0.25) is 0 Å². The molecule has 1 aliphatic rings. The number of carbonyl (C=O) groups is 1. The molecule has 0 spiro atoms. The van der Waals surface area contributed by atoms with Crippen molar-refractivity contribution in [3.8, 4) is 11.5 Å². The molecule has 122 valence electrons. The van der Waals surface area contributed by atoms with Crippen LogP contribution in [0.5, 0.6) is 11.5 Å². The molecule has 24 heavy (non-hydrogen) atoms. The molecule has 5 nitrogen and oxygen atoms in total. The van der Waals surface area contributed by atoms with Crippen molar-refractivity contribution in [2.24, 2.45) is 4.99 Å². The van der Waals surface area contributed by atoms with Crippen LogP contribution in [0.1, 0.15) is 11.1 Å². The van der Waals surface area contributed by atoms with Gasteiger partial charge < -0.3 is 14.2 Å². The molecule has 0 amide bonds. The Morgan fingerprint density at radius 1 is 1.08 bits per heavy atom. The van der Waals surface area contributed by atoms with E-state index in [1.54, 1.807) is 50.6 Å². The predicted octanol–water partition coefficient (Wildman–Crippen LogP) is 3.70. The normalized spacial score (nSPS) is 15.2. The van der Waals surface area contributed by atoms with Crippen LogP contribution in [-0.4, -0.2) is 26.1 Å². The zero-order valence-electron chi connectivity index (χ0n) is 13.1. The third-order valence-electron chi connectivity index (χ3n) is 3.42. The molecule has 0 unspecified atom stereocenters. The van der Waals surface area contributed by atoms with E-state index in [9.17, 15) is 4.79 Å². The number of ether oxygens (including phenoxy) is 3. The molecule has 0 radical (unpaired) electrons. The number of hydrogen-bond acceptors (Lipinski definition) is 5. The maximum absolute atomic E-state index is 12.1. The smallest absolute Gasteiger partial charge is 0.363 e. The Labute approximate surface area is 144 Å². The molecule has 0 atom stereocenters. The average molecular weight is 344 g/mol. The molecule has 1 aliphatic heterocycles. The summed E-state index contributed by atoms with van der Waals surface area (Å²) in [4.78, 5) is 16.3. The fourth-order valence-corrected chi connectivity index (χ4v) is 2.39. The Bertz CT molecular complexity index is 836. The first-order chi connectivity index (χ1) is 11.6. The van der Waals surface area contributed by atoms with Crippen molar-refractivity contribution in [2.75, 3.05) is 14.2 Å². The van der Waals surface area contributed by atoms with Gasteiger partial charge in [-0.2, -0.15) is 0 Å². The fourth-order valence-electron chi connectivity index (χ4n) is 2.20. The molecule has 0 saturated carbocycles. The van der Waals surface area contributed by atoms with E-state index in [4.69, 9.17) is 25.8 Å². The van der Waals surface area contributed by atoms with Crippen molar-refractivity contribution < 1.29 is 19.0 Å². The van der Waals surface area contributed by atoms with Crippen LogP contribution in [-0.2, 0) is 9.53 Å². The van der Waals surface area contributed by atoms with Crippen molar-refractivity contribution in [3.63, 3.8) is 0 Å². The Morgan fingerprint density at radius 3 is 2.38 bits per heavy atom. The lowest BCUT2D eigenvalue weighted by Crippen LogP contribution is -2.06. The highest BCUT2D eigenvalue weighted by Gasteiger charge is 2.25. The van der Waals surface area contributed by atoms with Gasteiger partial charge in [-0.1, -0.05) is 29.8 Å². The van der Waals surface area contributed by atoms with Crippen LogP contribution in [0.2, 0.25) is 5.02 Å². The second-order valence-corrected chi connectivity index (χ2v) is 5.37. The summed E-state index contributed by atoms with van der Waals surface area (Å²) in [5.41, 5.74) is 1.46. The lowest BCUT2D eigenvalue weighted by Gasteiger charge is -2.07. The molecular formula is C18H14ClNO4. The third kappa shape index (κ3) is 3.26. The summed E-state index contributed by atoms with van der Waals surface area (Å²) in [7, 11) is 3.09. The number of carbonyl (C=O) groups excluding carboxylic acids is 1. The van der Waals surface area contributed by atoms with Crippen LogP contribution >= 0.6 is 11.6 Å². The van der Waals surface area contributed by atoms with Crippen molar-refractivity contribution >= 4 is 29.5 Å². The first kappa shape index (κ1) is 16.1. The first-order valence-corrected chi connectivity index (χ1v) is 7.49. The van der Waals surface area contributed by atoms with Crippen molar-refractivity contribution in [3.05, 3.63) is 64.3 Å². The van der Waals surface area contributed by atoms with Crippen LogP contribution in [0.25, 0.3) is 6.08 Å². The molecule has 0 bridgehead atoms. The highest BCUT2D eigenvalue weighted by Crippen LogP contribution is 2.27. The van der Waals surface area contributed by atoms with Crippen LogP contribution < -0.4 is 9.47 Å². The molecule has 0 saturated heterocycles. The number of benzene rings is 2. The Balaban J connectivity index is 1.99. The molecule has 1 heterocycles. The minimum absolute atomic E-state index is 0.180. The van der Waals surface area contributed by atoms with E-state index in [1.165, 1.54) is 0 Å². The molecule has 2 aromatic carbocycles. The quantitative estimate of drug-likeness (QED) is 0.627. The average Bonchev–Trinajstić information content (AvgIpc) is 2.97. The summed E-state index contributed by atoms with van der Waals surface area (Å²) in [5.74, 6) is 0.806. The van der Waals surface area contributed by atoms with Gasteiger partial charge in [-0.05, 0) is 29.8 Å². The van der Waals surface area contributed by atoms with Crippen molar-refractivity contribution in [1.82, 2.24) is 0 Å². The largest absolute Gasteiger partial charge is 0.497 e. The minimum Gasteiger partial charge on any atom is -0.497 e. The van der Waals surface area contributed by atoms with Gasteiger partial charge in [0.25, 0.3) is 0 Å². The number of cyclic esters (lactones) is 1. The van der Waals surface area contributed by atoms with Gasteiger partial charge in [-0.25, -0.2) is 9.79 Å². The summed E-state index contributed by atoms with van der Waals surface area (Å²) in [5, 5.41) is 0.532. The van der Waals surface area contributed by atoms with Crippen LogP contribution in [0.3, 0.4) is 0 Å². The molecular weight excluding hydrogens is 330 g/mol. The fraction of sp³-hybridized carbons (Fsp3) is 0.111. The van der Waals surface area contributed by atoms with Gasteiger partial charge in [0.1, 0.15) is 11.5 Å². The highest BCUT2D eigenvalue weighted by atomic mass is 35.5. The monoisotopic (exact) mass is 343 g/mol. The molecule has 6 heteroatoms. The minimum atomic E-state index is -0.535. The van der Waals surface area contributed by atoms with Crippen LogP contribution in [0, 0.1) is 0 Å². The standard InChI is InChI=1S/C18H14ClNO4/c1-22-13-7-12(8-14(10-13)23-2)17-20-16(18(21)24-17)9-11-5-3-4-6-15(11)19/h3-10H,1-2H3/b16-9-. The predicted molar refractivity (Wildman–Crippen MR) is 91.6 cm³/mol. The number of nitrogens with zero attached hydrogens (tertiary/aromatic N) is 1. The zero-order valence-corrected chi connectivity index (χ0v) is 13.8. The van der Waals surface area contributed by atoms with E-state index in [-0.39, 0.29) is 11.6 Å². The SMILES string of the molecule is COc1cc(OC)cc(C2=N/C(=C\c3ccccc3Cl)C(=O)O2)c1. The summed E-state index contributed by atoms with van der Waals surface area (Å²) in [6, 6.07) is 12.3. The van der Waals surface area contributed by atoms with Gasteiger partial charge >= 0.3 is 5.97 Å². The number of hydrogen-bond donors (Lipinski definition) is 0. The molecule has 2 aromatic rings. The van der Waals surface area contributed by atoms with E-state index in [0.717, 1.165) is 0 Å². The molecule has 0 N–H and O–H groups in total. The lowest BCUT2D eigenvalue weighted by molar-refractivity contribution is -0.129. The van der Waals surface area contributed by atoms with E-state index >= 15 is 0 Å². The maximum atomic E-state index is 12.1. The zero-order chi connectivity index (χ0) is 17.1. The molecule has 0 fully saturated rings. The maximum Gasteiger partial charge on any atom is 0.363 e. The van der Waals surface area contributed by atoms with Gasteiger partial charge in [0, 0.05) is 16.7 Å². The van der Waals surface area contributed by atoms with E-state index in [2.05, 4.69) is 4.99 Å². The second-order valence-electron chi connectivity index (χ2n) is 4.96. The summed E-state index contributed by atoms with van der Waals surface area (Å²) < 4.78 is 15.7. The first-order valence-electron chi connectivity index (χ1n) is 7.11. The number of methoxy groups -OCH3 is 2. The lowest BCUT2D eigenvalue weighted by atomic mass is 10.2. The summed E-state index contributed by atoms with van der Waals surface area (Å²) in [6.45, 7) is 0. The van der Waals surface area contributed by atoms with Gasteiger partial charge in [0.15, 0.2) is 5.70 Å². The van der Waals surface area contributed by atoms with Crippen molar-refractivity contribution in [2.45, 2.75) is 0 Å².